The molecule has 2 N–H and O–H groups in total. The lowest BCUT2D eigenvalue weighted by Gasteiger charge is -2.11. The number of sulfonamides is 1. The molecule has 0 saturated heterocycles. The van der Waals surface area contributed by atoms with Gasteiger partial charge in [-0.25, -0.2) is 0 Å². The minimum Gasteiger partial charge on any atom is -0.497 e. The Labute approximate surface area is 186 Å². The molecule has 0 aliphatic rings. The Morgan fingerprint density at radius 2 is 1.72 bits per heavy atom. The maximum absolute atomic E-state index is 12.7. The summed E-state index contributed by atoms with van der Waals surface area (Å²) in [6, 6.07) is 14.5. The van der Waals surface area contributed by atoms with Crippen molar-refractivity contribution in [3.05, 3.63) is 71.7 Å². The molecule has 0 bridgehead atoms. The SMILES string of the molecule is COc1ccc(OC)c(S(=O)(=O)N/N=C(/C)c2ccc(NC(=O)c3ccc(C)o3)cc2)c1. The first kappa shape index (κ1) is 22.9. The third kappa shape index (κ3) is 5.27. The summed E-state index contributed by atoms with van der Waals surface area (Å²) in [6.45, 7) is 3.41. The average molecular weight is 458 g/mol. The molecule has 1 heterocycles. The lowest BCUT2D eigenvalue weighted by atomic mass is 10.1. The number of aryl methyl sites for hydroxylation is 1. The smallest absolute Gasteiger partial charge is 0.291 e. The summed E-state index contributed by atoms with van der Waals surface area (Å²) in [5.74, 6) is 1.03. The van der Waals surface area contributed by atoms with Gasteiger partial charge in [0, 0.05) is 11.8 Å². The van der Waals surface area contributed by atoms with E-state index >= 15 is 0 Å². The van der Waals surface area contributed by atoms with Crippen LogP contribution in [0.4, 0.5) is 5.69 Å². The Balaban J connectivity index is 1.72. The highest BCUT2D eigenvalue weighted by Crippen LogP contribution is 2.28. The second-order valence-electron chi connectivity index (χ2n) is 6.75. The van der Waals surface area contributed by atoms with Crippen LogP contribution < -0.4 is 19.6 Å². The fraction of sp³-hybridized carbons (Fsp3) is 0.182. The molecular weight excluding hydrogens is 434 g/mol. The van der Waals surface area contributed by atoms with Crippen LogP contribution in [0.3, 0.4) is 0 Å². The van der Waals surface area contributed by atoms with Gasteiger partial charge in [0.2, 0.25) is 0 Å². The number of ether oxygens (including phenoxy) is 2. The van der Waals surface area contributed by atoms with Gasteiger partial charge in [0.25, 0.3) is 15.9 Å². The fourth-order valence-corrected chi connectivity index (χ4v) is 3.82. The van der Waals surface area contributed by atoms with Crippen LogP contribution in [0.1, 0.15) is 28.8 Å². The predicted molar refractivity (Wildman–Crippen MR) is 120 cm³/mol. The van der Waals surface area contributed by atoms with E-state index in [1.165, 1.54) is 26.4 Å². The van der Waals surface area contributed by atoms with Crippen molar-refractivity contribution in [2.24, 2.45) is 5.10 Å². The van der Waals surface area contributed by atoms with E-state index in [1.807, 2.05) is 0 Å². The Bertz CT molecular complexity index is 1250. The molecule has 0 fully saturated rings. The molecule has 32 heavy (non-hydrogen) atoms. The maximum atomic E-state index is 12.7. The van der Waals surface area contributed by atoms with Gasteiger partial charge in [-0.15, -0.1) is 0 Å². The molecule has 0 aliphatic carbocycles. The number of carbonyl (C=O) groups excluding carboxylic acids is 1. The summed E-state index contributed by atoms with van der Waals surface area (Å²) in [7, 11) is -1.18. The van der Waals surface area contributed by atoms with E-state index in [0.29, 0.717) is 28.5 Å². The number of hydrogen-bond donors (Lipinski definition) is 2. The molecule has 168 valence electrons. The number of furan rings is 1. The Morgan fingerprint density at radius 3 is 2.31 bits per heavy atom. The second kappa shape index (κ2) is 9.56. The number of nitrogens with one attached hydrogen (secondary N) is 2. The van der Waals surface area contributed by atoms with Gasteiger partial charge in [-0.2, -0.15) is 18.4 Å². The number of methoxy groups -OCH3 is 2. The van der Waals surface area contributed by atoms with E-state index in [-0.39, 0.29) is 22.3 Å². The summed E-state index contributed by atoms with van der Waals surface area (Å²) in [5, 5.41) is 6.72. The molecule has 0 aliphatic heterocycles. The number of carbonyl (C=O) groups is 1. The van der Waals surface area contributed by atoms with Crippen molar-refractivity contribution >= 4 is 27.3 Å². The van der Waals surface area contributed by atoms with Crippen molar-refractivity contribution in [2.45, 2.75) is 18.7 Å². The average Bonchev–Trinajstić information content (AvgIpc) is 3.24. The third-order valence-corrected chi connectivity index (χ3v) is 5.75. The predicted octanol–water partition coefficient (Wildman–Crippen LogP) is 3.56. The Kier molecular flexibility index (Phi) is 6.84. The first-order chi connectivity index (χ1) is 15.2. The topological polar surface area (TPSA) is 119 Å². The molecule has 0 unspecified atom stereocenters. The standard InChI is InChI=1S/C22H23N3O6S/c1-14-5-11-20(31-14)22(26)23-17-8-6-16(7-9-17)15(2)24-25-32(27,28)21-13-18(29-3)10-12-19(21)30-4/h5-13,25H,1-4H3,(H,23,26)/b24-15-. The van der Waals surface area contributed by atoms with Crippen LogP contribution in [0.25, 0.3) is 0 Å². The summed E-state index contributed by atoms with van der Waals surface area (Å²) < 4.78 is 41.0. The van der Waals surface area contributed by atoms with Crippen molar-refractivity contribution in [1.29, 1.82) is 0 Å². The van der Waals surface area contributed by atoms with Crippen LogP contribution in [0.2, 0.25) is 0 Å². The molecule has 3 rings (SSSR count). The second-order valence-corrected chi connectivity index (χ2v) is 8.38. The largest absolute Gasteiger partial charge is 0.497 e. The highest BCUT2D eigenvalue weighted by atomic mass is 32.2. The highest BCUT2D eigenvalue weighted by molar-refractivity contribution is 7.89. The van der Waals surface area contributed by atoms with Gasteiger partial charge in [0.1, 0.15) is 22.2 Å². The number of hydrogen-bond acceptors (Lipinski definition) is 7. The Hall–Kier alpha value is -3.79. The van der Waals surface area contributed by atoms with E-state index < -0.39 is 10.0 Å². The molecule has 10 heteroatoms. The maximum Gasteiger partial charge on any atom is 0.291 e. The van der Waals surface area contributed by atoms with E-state index in [0.717, 1.165) is 0 Å². The van der Waals surface area contributed by atoms with Crippen molar-refractivity contribution in [3.63, 3.8) is 0 Å². The van der Waals surface area contributed by atoms with Gasteiger partial charge >= 0.3 is 0 Å². The number of anilines is 1. The van der Waals surface area contributed by atoms with Gasteiger partial charge in [0.05, 0.1) is 19.9 Å². The van der Waals surface area contributed by atoms with Crippen LogP contribution >= 0.6 is 0 Å². The van der Waals surface area contributed by atoms with Crippen LogP contribution in [0, 0.1) is 6.92 Å². The van der Waals surface area contributed by atoms with Gasteiger partial charge < -0.3 is 19.2 Å². The molecule has 0 atom stereocenters. The number of rotatable bonds is 8. The molecular formula is C22H23N3O6S. The van der Waals surface area contributed by atoms with Gasteiger partial charge in [-0.1, -0.05) is 12.1 Å². The number of amides is 1. The molecule has 1 amide bonds. The van der Waals surface area contributed by atoms with Gasteiger partial charge in [-0.3, -0.25) is 4.79 Å². The van der Waals surface area contributed by atoms with Crippen molar-refractivity contribution in [3.8, 4) is 11.5 Å². The molecule has 0 radical (unpaired) electrons. The minimum absolute atomic E-state index is 0.0953. The zero-order valence-corrected chi connectivity index (χ0v) is 18.8. The van der Waals surface area contributed by atoms with Crippen LogP contribution in [0.15, 0.2) is 69.0 Å². The first-order valence-corrected chi connectivity index (χ1v) is 11.0. The van der Waals surface area contributed by atoms with Gasteiger partial charge in [0.15, 0.2) is 5.76 Å². The third-order valence-electron chi connectivity index (χ3n) is 4.52. The number of hydrazone groups is 1. The highest BCUT2D eigenvalue weighted by Gasteiger charge is 2.20. The molecule has 9 nitrogen and oxygen atoms in total. The van der Waals surface area contributed by atoms with E-state index in [4.69, 9.17) is 13.9 Å². The van der Waals surface area contributed by atoms with Crippen molar-refractivity contribution in [2.75, 3.05) is 19.5 Å². The summed E-state index contributed by atoms with van der Waals surface area (Å²) in [4.78, 5) is 14.3. The minimum atomic E-state index is -4.00. The van der Waals surface area contributed by atoms with Crippen molar-refractivity contribution in [1.82, 2.24) is 4.83 Å². The van der Waals surface area contributed by atoms with Crippen LogP contribution in [-0.2, 0) is 10.0 Å². The molecule has 1 aromatic heterocycles. The number of nitrogens with zero attached hydrogens (tertiary/aromatic N) is 1. The molecule has 0 spiro atoms. The lowest BCUT2D eigenvalue weighted by molar-refractivity contribution is 0.0995. The van der Waals surface area contributed by atoms with Gasteiger partial charge in [-0.05, 0) is 55.8 Å². The fourth-order valence-electron chi connectivity index (χ4n) is 2.78. The zero-order chi connectivity index (χ0) is 23.3. The normalized spacial score (nSPS) is 11.7. The zero-order valence-electron chi connectivity index (χ0n) is 18.0. The first-order valence-electron chi connectivity index (χ1n) is 9.50. The summed E-state index contributed by atoms with van der Waals surface area (Å²) >= 11 is 0. The monoisotopic (exact) mass is 457 g/mol. The van der Waals surface area contributed by atoms with E-state index in [2.05, 4.69) is 15.2 Å². The van der Waals surface area contributed by atoms with E-state index in [1.54, 1.807) is 56.3 Å². The lowest BCUT2D eigenvalue weighted by Crippen LogP contribution is -2.20. The van der Waals surface area contributed by atoms with E-state index in [9.17, 15) is 13.2 Å². The summed E-state index contributed by atoms with van der Waals surface area (Å²) in [5.41, 5.74) is 1.65. The van der Waals surface area contributed by atoms with Crippen LogP contribution in [-0.4, -0.2) is 34.3 Å². The molecule has 2 aromatic carbocycles. The van der Waals surface area contributed by atoms with Crippen LogP contribution in [0.5, 0.6) is 11.5 Å². The molecule has 0 saturated carbocycles. The molecule has 3 aromatic rings. The quantitative estimate of drug-likeness (QED) is 0.394. The number of benzene rings is 2. The Morgan fingerprint density at radius 1 is 1.00 bits per heavy atom. The summed E-state index contributed by atoms with van der Waals surface area (Å²) in [6.07, 6.45) is 0. The van der Waals surface area contributed by atoms with Crippen molar-refractivity contribution < 1.29 is 27.1 Å².